The smallest absolute Gasteiger partial charge is 0.497 e. The Morgan fingerprint density at radius 2 is 1.46 bits per heavy atom. The van der Waals surface area contributed by atoms with Crippen LogP contribution in [-0.4, -0.2) is 76.7 Å². The summed E-state index contributed by atoms with van der Waals surface area (Å²) >= 11 is 0. The fourth-order valence-corrected chi connectivity index (χ4v) is 5.97. The zero-order chi connectivity index (χ0) is 34.2. The van der Waals surface area contributed by atoms with Crippen molar-refractivity contribution in [1.29, 1.82) is 0 Å². The fraction of sp³-hybridized carbons (Fsp3) is 0.459. The molecule has 260 valence electrons. The maximum atomic E-state index is 12.9. The molecule has 0 saturated carbocycles. The van der Waals surface area contributed by atoms with Gasteiger partial charge in [-0.3, -0.25) is 9.79 Å². The number of halogens is 3. The molecule has 1 heterocycles. The van der Waals surface area contributed by atoms with E-state index in [1.165, 1.54) is 0 Å². The summed E-state index contributed by atoms with van der Waals surface area (Å²) in [6, 6.07) is 26.0. The van der Waals surface area contributed by atoms with Gasteiger partial charge in [-0.25, -0.2) is 0 Å². The minimum atomic E-state index is -4.72. The molecule has 0 bridgehead atoms. The summed E-state index contributed by atoms with van der Waals surface area (Å²) < 4.78 is 63.2. The highest BCUT2D eigenvalue weighted by molar-refractivity contribution is 5.76. The van der Waals surface area contributed by atoms with Gasteiger partial charge in [0.1, 0.15) is 17.1 Å². The molecule has 0 unspecified atom stereocenters. The number of hydrogen-bond donors (Lipinski definition) is 0. The average molecular weight is 671 g/mol. The monoisotopic (exact) mass is 670 g/mol. The molecule has 0 radical (unpaired) electrons. The molecule has 11 heteroatoms. The molecular weight excluding hydrogens is 625 g/mol. The largest absolute Gasteiger partial charge is 0.573 e. The molecule has 0 aromatic heterocycles. The van der Waals surface area contributed by atoms with Gasteiger partial charge >= 0.3 is 6.36 Å². The summed E-state index contributed by atoms with van der Waals surface area (Å²) in [5, 5.41) is 0. The first-order valence-electron chi connectivity index (χ1n) is 16.4. The number of rotatable bonds is 19. The van der Waals surface area contributed by atoms with Gasteiger partial charge < -0.3 is 28.6 Å². The number of amides is 1. The Balaban J connectivity index is 1.30. The van der Waals surface area contributed by atoms with E-state index in [1.54, 1.807) is 14.2 Å². The summed E-state index contributed by atoms with van der Waals surface area (Å²) in [5.74, 6) is 1.60. The Labute approximate surface area is 280 Å². The van der Waals surface area contributed by atoms with Gasteiger partial charge in [-0.05, 0) is 73.1 Å². The molecule has 0 N–H and O–H groups in total. The molecule has 4 rings (SSSR count). The van der Waals surface area contributed by atoms with Crippen molar-refractivity contribution in [3.8, 4) is 11.5 Å². The predicted octanol–water partition coefficient (Wildman–Crippen LogP) is 7.54. The summed E-state index contributed by atoms with van der Waals surface area (Å²) in [4.78, 5) is 18.4. The highest BCUT2D eigenvalue weighted by atomic mass is 19.4. The van der Waals surface area contributed by atoms with Crippen molar-refractivity contribution in [2.45, 2.75) is 63.0 Å². The highest BCUT2D eigenvalue weighted by Gasteiger charge is 2.38. The van der Waals surface area contributed by atoms with Gasteiger partial charge in [0.15, 0.2) is 6.40 Å². The van der Waals surface area contributed by atoms with Crippen LogP contribution in [0.2, 0.25) is 0 Å². The molecule has 1 aliphatic heterocycles. The van der Waals surface area contributed by atoms with Crippen LogP contribution in [0.25, 0.3) is 0 Å². The van der Waals surface area contributed by atoms with E-state index in [0.717, 1.165) is 41.0 Å². The molecule has 1 aliphatic rings. The van der Waals surface area contributed by atoms with Gasteiger partial charge in [0, 0.05) is 26.1 Å². The van der Waals surface area contributed by atoms with E-state index < -0.39 is 12.0 Å². The topological polar surface area (TPSA) is 78.8 Å². The van der Waals surface area contributed by atoms with Crippen LogP contribution >= 0.6 is 0 Å². The van der Waals surface area contributed by atoms with Gasteiger partial charge in [0.05, 0.1) is 33.5 Å². The summed E-state index contributed by atoms with van der Waals surface area (Å²) in [5.41, 5.74) is 2.02. The molecule has 3 aromatic rings. The second-order valence-corrected chi connectivity index (χ2v) is 11.6. The van der Waals surface area contributed by atoms with Crippen LogP contribution in [0.4, 0.5) is 13.2 Å². The quantitative estimate of drug-likeness (QED) is 0.0568. The molecule has 8 nitrogen and oxygen atoms in total. The third kappa shape index (κ3) is 10.5. The van der Waals surface area contributed by atoms with E-state index in [9.17, 15) is 18.0 Å². The lowest BCUT2D eigenvalue weighted by atomic mass is 9.80. The number of carbonyl (C=O) groups excluding carboxylic acids is 1. The normalized spacial score (nSPS) is 15.2. The van der Waals surface area contributed by atoms with Crippen molar-refractivity contribution in [3.63, 3.8) is 0 Å². The molecule has 1 fully saturated rings. The average Bonchev–Trinajstić information content (AvgIpc) is 3.58. The third-order valence-electron chi connectivity index (χ3n) is 8.37. The van der Waals surface area contributed by atoms with Crippen LogP contribution in [-0.2, 0) is 24.6 Å². The number of nitrogens with zero attached hydrogens (tertiary/aromatic N) is 2. The van der Waals surface area contributed by atoms with Crippen LogP contribution in [0.3, 0.4) is 0 Å². The number of aliphatic imine (C=N–C) groups is 1. The maximum absolute atomic E-state index is 12.9. The third-order valence-corrected chi connectivity index (χ3v) is 8.37. The van der Waals surface area contributed by atoms with Gasteiger partial charge in [-0.2, -0.15) is 0 Å². The fourth-order valence-electron chi connectivity index (χ4n) is 5.97. The molecule has 0 spiro atoms. The molecular formula is C37H45F3N2O6. The van der Waals surface area contributed by atoms with Gasteiger partial charge in [-0.15, -0.1) is 13.2 Å². The molecule has 0 aliphatic carbocycles. The lowest BCUT2D eigenvalue weighted by molar-refractivity contribution is -0.280. The van der Waals surface area contributed by atoms with Crippen LogP contribution in [0, 0.1) is 0 Å². The van der Waals surface area contributed by atoms with Crippen molar-refractivity contribution < 1.29 is 41.7 Å². The van der Waals surface area contributed by atoms with Crippen molar-refractivity contribution in [2.24, 2.45) is 4.99 Å². The minimum Gasteiger partial charge on any atom is -0.497 e. The van der Waals surface area contributed by atoms with Gasteiger partial charge in [0.25, 0.3) is 0 Å². The first-order valence-corrected chi connectivity index (χ1v) is 16.4. The zero-order valence-electron chi connectivity index (χ0n) is 27.6. The summed E-state index contributed by atoms with van der Waals surface area (Å²) in [6.07, 6.45) is 0.508. The number of benzene rings is 3. The first kappa shape index (κ1) is 36.7. The Hall–Kier alpha value is -4.09. The van der Waals surface area contributed by atoms with Gasteiger partial charge in [0.2, 0.25) is 5.91 Å². The van der Waals surface area contributed by atoms with E-state index in [2.05, 4.69) is 21.9 Å². The van der Waals surface area contributed by atoms with Crippen LogP contribution in [0.5, 0.6) is 11.5 Å². The SMILES string of the molecule is COc1ccc(C(OCCCOC[C@@H]2CCCN2C(=O)CCCCCN=COC(F)(F)F)(c2ccccc2)c2ccc(OC)cc2)cc1. The Kier molecular flexibility index (Phi) is 14.1. The number of likely N-dealkylation sites (tertiary alicyclic amines) is 1. The van der Waals surface area contributed by atoms with E-state index in [-0.39, 0.29) is 18.5 Å². The number of hydrogen-bond acceptors (Lipinski definition) is 7. The lowest BCUT2D eigenvalue weighted by Gasteiger charge is -2.36. The lowest BCUT2D eigenvalue weighted by Crippen LogP contribution is -2.38. The molecule has 1 amide bonds. The van der Waals surface area contributed by atoms with Gasteiger partial charge in [-0.1, -0.05) is 61.0 Å². The highest BCUT2D eigenvalue weighted by Crippen LogP contribution is 2.41. The Bertz CT molecular complexity index is 1350. The molecule has 48 heavy (non-hydrogen) atoms. The molecule has 1 saturated heterocycles. The molecule has 3 aromatic carbocycles. The number of ether oxygens (including phenoxy) is 5. The van der Waals surface area contributed by atoms with Crippen molar-refractivity contribution in [3.05, 3.63) is 95.6 Å². The Morgan fingerprint density at radius 1 is 0.833 bits per heavy atom. The number of methoxy groups -OCH3 is 2. The number of alkyl halides is 3. The van der Waals surface area contributed by atoms with E-state index in [1.807, 2.05) is 71.6 Å². The van der Waals surface area contributed by atoms with E-state index >= 15 is 0 Å². The minimum absolute atomic E-state index is 0.0320. The predicted molar refractivity (Wildman–Crippen MR) is 177 cm³/mol. The number of unbranched alkanes of at least 4 members (excludes halogenated alkanes) is 2. The van der Waals surface area contributed by atoms with Crippen molar-refractivity contribution in [1.82, 2.24) is 4.90 Å². The number of carbonyl (C=O) groups is 1. The standard InChI is InChI=1S/C37H45F3N2O6/c1-44-33-19-15-30(16-20-33)36(29-11-5-3-6-12-29,31-17-21-34(45-2)22-18-31)47-26-10-25-46-27-32-13-9-24-42(32)35(43)14-7-4-8-23-41-28-48-37(38,39)40/h3,5-6,11-12,15-22,28,32H,4,7-10,13-14,23-27H2,1-2H3/t32-/m0/s1. The zero-order valence-corrected chi connectivity index (χ0v) is 27.6. The van der Waals surface area contributed by atoms with E-state index in [4.69, 9.17) is 18.9 Å². The van der Waals surface area contributed by atoms with E-state index in [0.29, 0.717) is 64.9 Å². The molecule has 1 atom stereocenters. The van der Waals surface area contributed by atoms with Crippen LogP contribution < -0.4 is 9.47 Å². The van der Waals surface area contributed by atoms with Crippen LogP contribution in [0.1, 0.15) is 61.6 Å². The first-order chi connectivity index (χ1) is 23.3. The maximum Gasteiger partial charge on any atom is 0.573 e. The van der Waals surface area contributed by atoms with Crippen molar-refractivity contribution in [2.75, 3.05) is 47.1 Å². The second-order valence-electron chi connectivity index (χ2n) is 11.6. The Morgan fingerprint density at radius 3 is 2.06 bits per heavy atom. The van der Waals surface area contributed by atoms with Crippen LogP contribution in [0.15, 0.2) is 83.9 Å². The van der Waals surface area contributed by atoms with Crippen molar-refractivity contribution >= 4 is 12.3 Å². The second kappa shape index (κ2) is 18.5. The summed E-state index contributed by atoms with van der Waals surface area (Å²) in [7, 11) is 3.29. The summed E-state index contributed by atoms with van der Waals surface area (Å²) in [6.45, 7) is 2.29.